The number of carbonyl (C=O) groups is 2. The highest BCUT2D eigenvalue weighted by Crippen LogP contribution is 2.43. The number of ether oxygens (including phenoxy) is 2. The fourth-order valence-electron chi connectivity index (χ4n) is 7.70. The third-order valence-electron chi connectivity index (χ3n) is 11.7. The van der Waals surface area contributed by atoms with Crippen molar-refractivity contribution in [2.24, 2.45) is 0 Å². The Labute approximate surface area is 381 Å². The topological polar surface area (TPSA) is 149 Å². The van der Waals surface area contributed by atoms with Gasteiger partial charge in [-0.2, -0.15) is 0 Å². The zero-order chi connectivity index (χ0) is 45.5. The van der Waals surface area contributed by atoms with Gasteiger partial charge in [-0.05, 0) is 38.5 Å². The van der Waals surface area contributed by atoms with Gasteiger partial charge in [0, 0.05) is 12.8 Å². The van der Waals surface area contributed by atoms with E-state index in [9.17, 15) is 29.3 Å². The predicted octanol–water partition coefficient (Wildman–Crippen LogP) is 14.7. The number of unbranched alkanes of at least 4 members (excludes halogenated alkanes) is 34. The molecular formula is C51H99O10P. The van der Waals surface area contributed by atoms with Gasteiger partial charge in [0.05, 0.1) is 26.4 Å². The zero-order valence-electron chi connectivity index (χ0n) is 40.4. The fourth-order valence-corrected chi connectivity index (χ4v) is 8.49. The second kappa shape index (κ2) is 47.7. The maximum atomic E-state index is 12.4. The van der Waals surface area contributed by atoms with E-state index in [1.807, 2.05) is 0 Å². The first-order chi connectivity index (χ1) is 30.3. The SMILES string of the molecule is CCCCCCCCC/C=C\CCCCCCCCCC(=O)OC(CO)COP(=O)(O)OCC(CO)OC(=O)CCCCCCCCCCCCCCCCCCCCCCC. The van der Waals surface area contributed by atoms with Gasteiger partial charge in [-0.25, -0.2) is 4.57 Å². The van der Waals surface area contributed by atoms with E-state index in [0.717, 1.165) is 44.9 Å². The van der Waals surface area contributed by atoms with Crippen LogP contribution < -0.4 is 0 Å². The molecule has 0 aromatic carbocycles. The molecule has 10 nitrogen and oxygen atoms in total. The van der Waals surface area contributed by atoms with Crippen LogP contribution in [0.3, 0.4) is 0 Å². The van der Waals surface area contributed by atoms with Gasteiger partial charge in [0.25, 0.3) is 0 Å². The van der Waals surface area contributed by atoms with Crippen molar-refractivity contribution in [1.82, 2.24) is 0 Å². The highest BCUT2D eigenvalue weighted by Gasteiger charge is 2.27. The Balaban J connectivity index is 3.80. The van der Waals surface area contributed by atoms with Gasteiger partial charge in [0.15, 0.2) is 0 Å². The molecule has 0 bridgehead atoms. The molecule has 0 spiro atoms. The Hall–Kier alpha value is -1.29. The van der Waals surface area contributed by atoms with E-state index in [4.69, 9.17) is 18.5 Å². The number of phosphoric ester groups is 1. The van der Waals surface area contributed by atoms with Gasteiger partial charge in [-0.3, -0.25) is 18.6 Å². The van der Waals surface area contributed by atoms with Crippen LogP contribution in [-0.4, -0.2) is 65.7 Å². The van der Waals surface area contributed by atoms with E-state index in [-0.39, 0.29) is 12.8 Å². The van der Waals surface area contributed by atoms with Crippen molar-refractivity contribution in [3.05, 3.63) is 12.2 Å². The first-order valence-electron chi connectivity index (χ1n) is 26.1. The molecule has 0 radical (unpaired) electrons. The molecule has 11 heteroatoms. The molecule has 0 fully saturated rings. The van der Waals surface area contributed by atoms with Crippen LogP contribution in [0, 0.1) is 0 Å². The van der Waals surface area contributed by atoms with Crippen LogP contribution >= 0.6 is 7.82 Å². The van der Waals surface area contributed by atoms with Gasteiger partial charge >= 0.3 is 19.8 Å². The Morgan fingerprint density at radius 1 is 0.419 bits per heavy atom. The first-order valence-corrected chi connectivity index (χ1v) is 27.6. The summed E-state index contributed by atoms with van der Waals surface area (Å²) in [6.45, 7) is 2.26. The number of aliphatic hydroxyl groups excluding tert-OH is 2. The Kier molecular flexibility index (Phi) is 46.7. The molecule has 0 saturated heterocycles. The lowest BCUT2D eigenvalue weighted by atomic mass is 10.0. The zero-order valence-corrected chi connectivity index (χ0v) is 41.3. The molecule has 0 heterocycles. The van der Waals surface area contributed by atoms with Crippen molar-refractivity contribution in [3.63, 3.8) is 0 Å². The maximum Gasteiger partial charge on any atom is 0.472 e. The van der Waals surface area contributed by atoms with E-state index in [1.54, 1.807) is 0 Å². The molecule has 0 amide bonds. The molecule has 3 unspecified atom stereocenters. The third kappa shape index (κ3) is 45.3. The minimum atomic E-state index is -4.64. The summed E-state index contributed by atoms with van der Waals surface area (Å²) in [5.41, 5.74) is 0. The van der Waals surface area contributed by atoms with Crippen molar-refractivity contribution in [2.45, 2.75) is 276 Å². The van der Waals surface area contributed by atoms with E-state index in [2.05, 4.69) is 26.0 Å². The minimum absolute atomic E-state index is 0.191. The number of rotatable bonds is 50. The van der Waals surface area contributed by atoms with Crippen LogP contribution in [0.25, 0.3) is 0 Å². The lowest BCUT2D eigenvalue weighted by molar-refractivity contribution is -0.153. The van der Waals surface area contributed by atoms with Crippen molar-refractivity contribution >= 4 is 19.8 Å². The number of hydrogen-bond donors (Lipinski definition) is 3. The van der Waals surface area contributed by atoms with E-state index in [1.165, 1.54) is 180 Å². The average molecular weight is 903 g/mol. The molecule has 0 aliphatic rings. The lowest BCUT2D eigenvalue weighted by Crippen LogP contribution is -2.28. The van der Waals surface area contributed by atoms with Crippen LogP contribution in [0.15, 0.2) is 12.2 Å². The molecule has 0 aliphatic heterocycles. The summed E-state index contributed by atoms with van der Waals surface area (Å²) in [5, 5.41) is 19.3. The van der Waals surface area contributed by atoms with Crippen LogP contribution in [0.4, 0.5) is 0 Å². The van der Waals surface area contributed by atoms with Crippen molar-refractivity contribution in [1.29, 1.82) is 0 Å². The van der Waals surface area contributed by atoms with Crippen LogP contribution in [0.5, 0.6) is 0 Å². The van der Waals surface area contributed by atoms with Gasteiger partial charge < -0.3 is 24.6 Å². The number of allylic oxidation sites excluding steroid dienone is 2. The second-order valence-corrected chi connectivity index (χ2v) is 19.3. The molecule has 0 rings (SSSR count). The Bertz CT molecular complexity index is 1040. The minimum Gasteiger partial charge on any atom is -0.457 e. The molecule has 0 saturated carbocycles. The number of hydrogen-bond acceptors (Lipinski definition) is 9. The van der Waals surface area contributed by atoms with Gasteiger partial charge in [0.1, 0.15) is 12.2 Å². The number of phosphoric acid groups is 1. The van der Waals surface area contributed by atoms with Gasteiger partial charge in [0.2, 0.25) is 0 Å². The third-order valence-corrected chi connectivity index (χ3v) is 12.7. The summed E-state index contributed by atoms with van der Waals surface area (Å²) in [4.78, 5) is 34.7. The molecule has 0 aromatic heterocycles. The first kappa shape index (κ1) is 60.7. The van der Waals surface area contributed by atoms with Crippen molar-refractivity contribution in [3.8, 4) is 0 Å². The highest BCUT2D eigenvalue weighted by atomic mass is 31.2. The molecular weight excluding hydrogens is 804 g/mol. The molecule has 0 aromatic rings. The van der Waals surface area contributed by atoms with Crippen LogP contribution in [0.1, 0.15) is 264 Å². The molecule has 62 heavy (non-hydrogen) atoms. The van der Waals surface area contributed by atoms with Gasteiger partial charge in [-0.1, -0.05) is 225 Å². The summed E-state index contributed by atoms with van der Waals surface area (Å²) >= 11 is 0. The summed E-state index contributed by atoms with van der Waals surface area (Å²) in [6.07, 6.45) is 49.0. The lowest BCUT2D eigenvalue weighted by Gasteiger charge is -2.20. The van der Waals surface area contributed by atoms with E-state index in [0.29, 0.717) is 12.8 Å². The normalized spacial score (nSPS) is 13.7. The van der Waals surface area contributed by atoms with Crippen molar-refractivity contribution in [2.75, 3.05) is 26.4 Å². The monoisotopic (exact) mass is 903 g/mol. The standard InChI is InChI=1S/C51H99O10P/c1-3-5-7-9-11-13-15-17-19-21-23-24-25-27-29-31-33-35-37-39-41-43-51(55)61-49(45-53)47-59-62(56,57)58-46-48(44-52)60-50(54)42-40-38-36-34-32-30-28-26-22-20-18-16-14-12-10-8-6-4-2/h20,22,48-49,52-53H,3-19,21,23-47H2,1-2H3,(H,56,57)/b22-20-. The number of aliphatic hydroxyl groups is 2. The summed E-state index contributed by atoms with van der Waals surface area (Å²) in [5.74, 6) is -1.01. The summed E-state index contributed by atoms with van der Waals surface area (Å²) in [6, 6.07) is 0. The van der Waals surface area contributed by atoms with E-state index >= 15 is 0 Å². The predicted molar refractivity (Wildman–Crippen MR) is 256 cm³/mol. The summed E-state index contributed by atoms with van der Waals surface area (Å²) < 4.78 is 32.7. The second-order valence-electron chi connectivity index (χ2n) is 17.9. The highest BCUT2D eigenvalue weighted by molar-refractivity contribution is 7.47. The quantitative estimate of drug-likeness (QED) is 0.0233. The Morgan fingerprint density at radius 3 is 0.919 bits per heavy atom. The maximum absolute atomic E-state index is 12.4. The number of carbonyl (C=O) groups excluding carboxylic acids is 2. The van der Waals surface area contributed by atoms with Gasteiger partial charge in [-0.15, -0.1) is 0 Å². The molecule has 3 N–H and O–H groups in total. The average Bonchev–Trinajstić information content (AvgIpc) is 3.26. The number of esters is 2. The van der Waals surface area contributed by atoms with Crippen LogP contribution in [-0.2, 0) is 32.7 Å². The van der Waals surface area contributed by atoms with Crippen molar-refractivity contribution < 1.29 is 47.8 Å². The Morgan fingerprint density at radius 2 is 0.661 bits per heavy atom. The van der Waals surface area contributed by atoms with E-state index < -0.39 is 58.4 Å². The smallest absolute Gasteiger partial charge is 0.457 e. The molecule has 3 atom stereocenters. The molecule has 368 valence electrons. The molecule has 0 aliphatic carbocycles. The fraction of sp³-hybridized carbons (Fsp3) is 0.922. The summed E-state index contributed by atoms with van der Waals surface area (Å²) in [7, 11) is -4.64. The largest absolute Gasteiger partial charge is 0.472 e. The van der Waals surface area contributed by atoms with Crippen LogP contribution in [0.2, 0.25) is 0 Å².